The van der Waals surface area contributed by atoms with Gasteiger partial charge in [0.1, 0.15) is 17.7 Å². The normalized spacial score (nSPS) is 13.4. The molecule has 3 aromatic rings. The Morgan fingerprint density at radius 2 is 1.56 bits per heavy atom. The van der Waals surface area contributed by atoms with Crippen molar-refractivity contribution in [2.75, 3.05) is 5.32 Å². The summed E-state index contributed by atoms with van der Waals surface area (Å²) in [5.74, 6) is -0.685. The van der Waals surface area contributed by atoms with Crippen LogP contribution < -0.4 is 10.6 Å². The standard InChI is InChI=1S/C34H43N3O4/c1-8-25(4)37(32(39)29(22-26-17-10-9-11-18-26)36-33(40)41-34(5,6)7)30(27-19-14-15-23(2)21-27)31(38)35-28-20-13-12-16-24(28)3/h9-21,25,29-30H,8,22H2,1-7H3,(H,35,38)(H,36,40). The van der Waals surface area contributed by atoms with E-state index in [0.717, 1.165) is 16.7 Å². The molecule has 2 N–H and O–H groups in total. The maximum Gasteiger partial charge on any atom is 0.408 e. The van der Waals surface area contributed by atoms with Crippen LogP contribution in [0, 0.1) is 13.8 Å². The van der Waals surface area contributed by atoms with Crippen molar-refractivity contribution in [3.8, 4) is 0 Å². The van der Waals surface area contributed by atoms with Gasteiger partial charge < -0.3 is 20.3 Å². The molecule has 41 heavy (non-hydrogen) atoms. The first-order valence-corrected chi connectivity index (χ1v) is 14.2. The van der Waals surface area contributed by atoms with Crippen molar-refractivity contribution in [1.82, 2.24) is 10.2 Å². The highest BCUT2D eigenvalue weighted by molar-refractivity contribution is 5.99. The van der Waals surface area contributed by atoms with Crippen LogP contribution in [0.5, 0.6) is 0 Å². The van der Waals surface area contributed by atoms with E-state index in [9.17, 15) is 14.4 Å². The molecule has 0 radical (unpaired) electrons. The summed E-state index contributed by atoms with van der Waals surface area (Å²) < 4.78 is 5.52. The van der Waals surface area contributed by atoms with Gasteiger partial charge in [0.15, 0.2) is 0 Å². The quantitative estimate of drug-likeness (QED) is 0.289. The first kappa shape index (κ1) is 31.4. The molecule has 0 fully saturated rings. The van der Waals surface area contributed by atoms with E-state index >= 15 is 0 Å². The number of ether oxygens (including phenoxy) is 1. The molecule has 0 aliphatic rings. The first-order valence-electron chi connectivity index (χ1n) is 14.2. The molecule has 7 heteroatoms. The summed E-state index contributed by atoms with van der Waals surface area (Å²) in [6.45, 7) is 13.1. The molecule has 0 spiro atoms. The molecule has 0 aliphatic carbocycles. The minimum absolute atomic E-state index is 0.242. The maximum absolute atomic E-state index is 14.5. The van der Waals surface area contributed by atoms with Gasteiger partial charge in [0.2, 0.25) is 5.91 Å². The number of hydrogen-bond donors (Lipinski definition) is 2. The van der Waals surface area contributed by atoms with Crippen LogP contribution in [0.4, 0.5) is 10.5 Å². The Kier molecular flexibility index (Phi) is 10.7. The van der Waals surface area contributed by atoms with E-state index in [1.54, 1.807) is 25.7 Å². The summed E-state index contributed by atoms with van der Waals surface area (Å²) in [6, 6.07) is 22.5. The van der Waals surface area contributed by atoms with E-state index in [1.807, 2.05) is 107 Å². The lowest BCUT2D eigenvalue weighted by Gasteiger charge is -2.38. The lowest BCUT2D eigenvalue weighted by atomic mass is 9.97. The highest BCUT2D eigenvalue weighted by Crippen LogP contribution is 2.29. The molecule has 0 aliphatic heterocycles. The van der Waals surface area contributed by atoms with Gasteiger partial charge in [-0.1, -0.05) is 85.3 Å². The van der Waals surface area contributed by atoms with Gasteiger partial charge in [-0.2, -0.15) is 0 Å². The van der Waals surface area contributed by atoms with Crippen LogP contribution in [0.2, 0.25) is 0 Å². The Balaban J connectivity index is 2.09. The highest BCUT2D eigenvalue weighted by Gasteiger charge is 2.38. The number of carbonyl (C=O) groups excluding carboxylic acids is 3. The van der Waals surface area contributed by atoms with Gasteiger partial charge in [-0.15, -0.1) is 0 Å². The molecule has 218 valence electrons. The van der Waals surface area contributed by atoms with Crippen LogP contribution in [0.3, 0.4) is 0 Å². The monoisotopic (exact) mass is 557 g/mol. The van der Waals surface area contributed by atoms with Crippen LogP contribution >= 0.6 is 0 Å². The molecule has 3 amide bonds. The summed E-state index contributed by atoms with van der Waals surface area (Å²) in [5, 5.41) is 5.87. The fourth-order valence-corrected chi connectivity index (χ4v) is 4.67. The number of nitrogens with zero attached hydrogens (tertiary/aromatic N) is 1. The van der Waals surface area contributed by atoms with Crippen molar-refractivity contribution < 1.29 is 19.1 Å². The van der Waals surface area contributed by atoms with Crippen LogP contribution in [0.15, 0.2) is 78.9 Å². The minimum atomic E-state index is -0.958. The van der Waals surface area contributed by atoms with E-state index in [2.05, 4.69) is 10.6 Å². The van der Waals surface area contributed by atoms with Crippen molar-refractivity contribution in [3.63, 3.8) is 0 Å². The zero-order chi connectivity index (χ0) is 30.2. The topological polar surface area (TPSA) is 87.7 Å². The van der Waals surface area contributed by atoms with Crippen molar-refractivity contribution >= 4 is 23.6 Å². The first-order chi connectivity index (χ1) is 19.4. The number of amides is 3. The van der Waals surface area contributed by atoms with Crippen molar-refractivity contribution in [2.45, 2.75) is 85.0 Å². The predicted octanol–water partition coefficient (Wildman–Crippen LogP) is 6.75. The number of hydrogen-bond acceptors (Lipinski definition) is 4. The molecule has 0 bridgehead atoms. The number of anilines is 1. The van der Waals surface area contributed by atoms with E-state index in [4.69, 9.17) is 4.74 Å². The second-order valence-electron chi connectivity index (χ2n) is 11.5. The van der Waals surface area contributed by atoms with Gasteiger partial charge in [0, 0.05) is 18.2 Å². The predicted molar refractivity (Wildman–Crippen MR) is 164 cm³/mol. The van der Waals surface area contributed by atoms with E-state index in [-0.39, 0.29) is 24.3 Å². The molecule has 3 rings (SSSR count). The molecular formula is C34H43N3O4. The molecular weight excluding hydrogens is 514 g/mol. The summed E-state index contributed by atoms with van der Waals surface area (Å²) in [4.78, 5) is 43.2. The Morgan fingerprint density at radius 3 is 2.17 bits per heavy atom. The van der Waals surface area contributed by atoms with E-state index < -0.39 is 23.8 Å². The Morgan fingerprint density at radius 1 is 0.902 bits per heavy atom. The summed E-state index contributed by atoms with van der Waals surface area (Å²) >= 11 is 0. The van der Waals surface area contributed by atoms with Gasteiger partial charge in [0.05, 0.1) is 0 Å². The second-order valence-corrected chi connectivity index (χ2v) is 11.5. The maximum atomic E-state index is 14.5. The lowest BCUT2D eigenvalue weighted by molar-refractivity contribution is -0.143. The summed E-state index contributed by atoms with van der Waals surface area (Å²) in [7, 11) is 0. The van der Waals surface area contributed by atoms with Crippen LogP contribution in [-0.2, 0) is 20.7 Å². The SMILES string of the molecule is CCC(C)N(C(=O)C(Cc1ccccc1)NC(=O)OC(C)(C)C)C(C(=O)Nc1ccccc1C)c1cccc(C)c1. The molecule has 7 nitrogen and oxygen atoms in total. The number of aryl methyl sites for hydroxylation is 2. The van der Waals surface area contributed by atoms with Gasteiger partial charge >= 0.3 is 6.09 Å². The smallest absolute Gasteiger partial charge is 0.408 e. The molecule has 0 saturated carbocycles. The minimum Gasteiger partial charge on any atom is -0.444 e. The fraction of sp³-hybridized carbons (Fsp3) is 0.382. The second kappa shape index (κ2) is 14.0. The summed E-state index contributed by atoms with van der Waals surface area (Å²) in [5.41, 5.74) is 3.40. The van der Waals surface area contributed by atoms with Gasteiger partial charge in [-0.25, -0.2) is 4.79 Å². The average Bonchev–Trinajstić information content (AvgIpc) is 2.91. The molecule has 0 saturated heterocycles. The van der Waals surface area contributed by atoms with Crippen molar-refractivity contribution in [1.29, 1.82) is 0 Å². The van der Waals surface area contributed by atoms with Crippen LogP contribution in [0.25, 0.3) is 0 Å². The van der Waals surface area contributed by atoms with Gasteiger partial charge in [-0.3, -0.25) is 9.59 Å². The zero-order valence-electron chi connectivity index (χ0n) is 25.2. The van der Waals surface area contributed by atoms with Crippen LogP contribution in [0.1, 0.15) is 69.3 Å². The van der Waals surface area contributed by atoms with Gasteiger partial charge in [0.25, 0.3) is 5.91 Å². The van der Waals surface area contributed by atoms with E-state index in [1.165, 1.54) is 0 Å². The zero-order valence-corrected chi connectivity index (χ0v) is 25.2. The van der Waals surface area contributed by atoms with Gasteiger partial charge in [-0.05, 0) is 70.7 Å². The Bertz CT molecular complexity index is 1330. The number of alkyl carbamates (subject to hydrolysis) is 1. The molecule has 3 atom stereocenters. The molecule has 3 aromatic carbocycles. The third-order valence-electron chi connectivity index (χ3n) is 6.88. The number of nitrogens with one attached hydrogen (secondary N) is 2. The van der Waals surface area contributed by atoms with Crippen molar-refractivity contribution in [3.05, 3.63) is 101 Å². The number of benzene rings is 3. The third-order valence-corrected chi connectivity index (χ3v) is 6.88. The lowest BCUT2D eigenvalue weighted by Crippen LogP contribution is -2.55. The Hall–Kier alpha value is -4.13. The molecule has 0 heterocycles. The third kappa shape index (κ3) is 8.93. The highest BCUT2D eigenvalue weighted by atomic mass is 16.6. The largest absolute Gasteiger partial charge is 0.444 e. The fourth-order valence-electron chi connectivity index (χ4n) is 4.67. The average molecular weight is 558 g/mol. The van der Waals surface area contributed by atoms with E-state index in [0.29, 0.717) is 17.7 Å². The number of para-hydroxylation sites is 1. The van der Waals surface area contributed by atoms with Crippen LogP contribution in [-0.4, -0.2) is 40.5 Å². The molecule has 0 aromatic heterocycles. The molecule has 3 unspecified atom stereocenters. The number of rotatable bonds is 10. The summed E-state index contributed by atoms with van der Waals surface area (Å²) in [6.07, 6.45) is 0.162. The van der Waals surface area contributed by atoms with Crippen molar-refractivity contribution in [2.24, 2.45) is 0 Å². The Labute approximate surface area is 244 Å². The number of carbonyl (C=O) groups is 3.